The van der Waals surface area contributed by atoms with Gasteiger partial charge in [0.1, 0.15) is 17.3 Å². The van der Waals surface area contributed by atoms with Crippen molar-refractivity contribution in [1.29, 1.82) is 0 Å². The Morgan fingerprint density at radius 1 is 0.614 bits per heavy atom. The van der Waals surface area contributed by atoms with Crippen LogP contribution in [-0.2, 0) is 10.8 Å². The van der Waals surface area contributed by atoms with Gasteiger partial charge < -0.3 is 4.74 Å². The van der Waals surface area contributed by atoms with Gasteiger partial charge in [-0.05, 0) is 111 Å². The lowest BCUT2D eigenvalue weighted by molar-refractivity contribution is -0.587. The third-order valence-electron chi connectivity index (χ3n) is 12.4. The predicted octanol–water partition coefficient (Wildman–Crippen LogP) is 12.5. The van der Waals surface area contributed by atoms with Gasteiger partial charge in [0, 0.05) is 29.2 Å². The fraction of sp³-hybridized carbons (Fsp3) is 0.154. The number of para-hydroxylation sites is 2. The van der Waals surface area contributed by atoms with Crippen LogP contribution in [0.4, 0.5) is 0 Å². The number of pyridine rings is 1. The zero-order valence-corrected chi connectivity index (χ0v) is 32.5. The Labute approximate surface area is 334 Å². The van der Waals surface area contributed by atoms with Crippen LogP contribution in [-0.4, -0.2) is 14.1 Å². The van der Waals surface area contributed by atoms with Crippen molar-refractivity contribution in [1.82, 2.24) is 14.1 Å². The molecule has 5 heteroatoms. The molecule has 0 spiro atoms. The summed E-state index contributed by atoms with van der Waals surface area (Å²) >= 11 is 0. The highest BCUT2D eigenvalue weighted by Crippen LogP contribution is 2.47. The van der Waals surface area contributed by atoms with Gasteiger partial charge in [-0.3, -0.25) is 13.7 Å². The smallest absolute Gasteiger partial charge is 0.269 e. The van der Waals surface area contributed by atoms with E-state index < -0.39 is 0 Å². The molecule has 0 atom stereocenters. The molecule has 276 valence electrons. The second-order valence-electron chi connectivity index (χ2n) is 16.8. The number of hydrogen-bond donors (Lipinski definition) is 0. The Kier molecular flexibility index (Phi) is 7.07. The van der Waals surface area contributed by atoms with Crippen LogP contribution in [0.5, 0.6) is 11.5 Å². The molecular weight excluding hydrogens is 697 g/mol. The second kappa shape index (κ2) is 12.4. The van der Waals surface area contributed by atoms with Crippen molar-refractivity contribution in [3.8, 4) is 62.2 Å². The largest absolute Gasteiger partial charge is 0.458 e. The maximum atomic E-state index is 9.67. The SMILES string of the molecule is [2H]c1c2[n+]([c-]n1-c1cccc(Oc3ccc4c5ccccc5n(-c5cc6c(cn5)C(C)(C)CCC6(C)C)c4c3)c1)-c1ccccc1-c1ccccc1-c1ccccc1-2. The zero-order chi connectivity index (χ0) is 39.3. The summed E-state index contributed by atoms with van der Waals surface area (Å²) in [4.78, 5) is 5.14. The van der Waals surface area contributed by atoms with Crippen molar-refractivity contribution in [2.24, 2.45) is 0 Å². The summed E-state index contributed by atoms with van der Waals surface area (Å²) in [6.45, 7) is 9.40. The van der Waals surface area contributed by atoms with Gasteiger partial charge in [-0.2, -0.15) is 0 Å². The Morgan fingerprint density at radius 2 is 1.25 bits per heavy atom. The first-order valence-electron chi connectivity index (χ1n) is 20.3. The molecular formula is C52H42N4O. The van der Waals surface area contributed by atoms with E-state index in [1.165, 1.54) is 16.5 Å². The molecule has 57 heavy (non-hydrogen) atoms. The number of ether oxygens (including phenoxy) is 1. The van der Waals surface area contributed by atoms with Crippen molar-refractivity contribution in [2.75, 3.05) is 0 Å². The molecule has 0 amide bonds. The highest BCUT2D eigenvalue weighted by atomic mass is 16.5. The van der Waals surface area contributed by atoms with Gasteiger partial charge in [0.25, 0.3) is 6.33 Å². The van der Waals surface area contributed by atoms with E-state index in [1.54, 1.807) is 0 Å². The highest BCUT2D eigenvalue weighted by Gasteiger charge is 2.38. The van der Waals surface area contributed by atoms with E-state index in [1.807, 2.05) is 51.6 Å². The van der Waals surface area contributed by atoms with Gasteiger partial charge in [-0.1, -0.05) is 119 Å². The monoisotopic (exact) mass is 739 g/mol. The summed E-state index contributed by atoms with van der Waals surface area (Å²) < 4.78 is 22.5. The number of aromatic nitrogens is 4. The fourth-order valence-electron chi connectivity index (χ4n) is 9.22. The first-order chi connectivity index (χ1) is 28.2. The maximum Gasteiger partial charge on any atom is 0.269 e. The van der Waals surface area contributed by atoms with E-state index >= 15 is 0 Å². The molecule has 6 aromatic carbocycles. The molecule has 0 fully saturated rings. The first-order valence-corrected chi connectivity index (χ1v) is 19.8. The molecule has 0 saturated heterocycles. The van der Waals surface area contributed by atoms with Crippen LogP contribution in [0.15, 0.2) is 158 Å². The molecule has 1 aliphatic heterocycles. The third-order valence-corrected chi connectivity index (χ3v) is 12.4. The summed E-state index contributed by atoms with van der Waals surface area (Å²) in [6, 6.07) is 50.4. The van der Waals surface area contributed by atoms with Crippen LogP contribution in [0, 0.1) is 6.33 Å². The van der Waals surface area contributed by atoms with E-state index in [0.717, 1.165) is 85.7 Å². The average molecular weight is 740 g/mol. The fourth-order valence-corrected chi connectivity index (χ4v) is 9.22. The number of rotatable bonds is 4. The highest BCUT2D eigenvalue weighted by molar-refractivity contribution is 6.09. The molecule has 0 unspecified atom stereocenters. The molecule has 3 aromatic heterocycles. The van der Waals surface area contributed by atoms with Crippen LogP contribution < -0.4 is 9.30 Å². The summed E-state index contributed by atoms with van der Waals surface area (Å²) in [6.07, 6.45) is 8.33. The Bertz CT molecular complexity index is 3130. The van der Waals surface area contributed by atoms with Gasteiger partial charge >= 0.3 is 0 Å². The predicted molar refractivity (Wildman–Crippen MR) is 230 cm³/mol. The van der Waals surface area contributed by atoms with Gasteiger partial charge in [0.15, 0.2) is 0 Å². The second-order valence-corrected chi connectivity index (χ2v) is 16.8. The third kappa shape index (κ3) is 5.29. The maximum absolute atomic E-state index is 9.67. The summed E-state index contributed by atoms with van der Waals surface area (Å²) in [5, 5.41) is 2.32. The van der Waals surface area contributed by atoms with E-state index in [9.17, 15) is 1.37 Å². The van der Waals surface area contributed by atoms with Crippen LogP contribution in [0.25, 0.3) is 72.5 Å². The molecule has 0 saturated carbocycles. The molecule has 0 bridgehead atoms. The molecule has 4 heterocycles. The Hall–Kier alpha value is -6.72. The molecule has 0 radical (unpaired) electrons. The van der Waals surface area contributed by atoms with Gasteiger partial charge in [-0.15, -0.1) is 0 Å². The van der Waals surface area contributed by atoms with Gasteiger partial charge in [0.05, 0.1) is 29.5 Å². The Balaban J connectivity index is 1.02. The number of benzene rings is 6. The minimum Gasteiger partial charge on any atom is -0.458 e. The topological polar surface area (TPSA) is 35.9 Å². The standard InChI is InChI=1S/C52H42N4O/c1-51(2)26-27-52(3,4)45-31-53-50(30-44(45)51)56-47-23-12-10-21-42(47)43-25-24-36(29-48(43)56)57-35-15-13-14-34(28-35)54-32-49-41-20-8-7-18-39(41)37-16-5-6-17-38(37)40-19-9-11-22-46(40)55(49)33-54/h5-25,28-32H,26-27H2,1-4H3/i32D. The van der Waals surface area contributed by atoms with E-state index in [2.05, 4.69) is 148 Å². The lowest BCUT2D eigenvalue weighted by Gasteiger charge is -2.41. The van der Waals surface area contributed by atoms with Gasteiger partial charge in [0.2, 0.25) is 0 Å². The van der Waals surface area contributed by atoms with Crippen LogP contribution in [0.3, 0.4) is 0 Å². The van der Waals surface area contributed by atoms with Crippen molar-refractivity contribution < 1.29 is 10.7 Å². The minimum atomic E-state index is 0.0602. The van der Waals surface area contributed by atoms with E-state index in [-0.39, 0.29) is 10.8 Å². The van der Waals surface area contributed by atoms with Crippen molar-refractivity contribution in [3.05, 3.63) is 175 Å². The first kappa shape index (κ1) is 32.5. The van der Waals surface area contributed by atoms with Gasteiger partial charge in [-0.25, -0.2) is 4.98 Å². The van der Waals surface area contributed by atoms with Crippen molar-refractivity contribution >= 4 is 21.8 Å². The summed E-state index contributed by atoms with van der Waals surface area (Å²) in [7, 11) is 0. The minimum absolute atomic E-state index is 0.0602. The van der Waals surface area contributed by atoms with Crippen molar-refractivity contribution in [2.45, 2.75) is 51.4 Å². The number of nitrogens with zero attached hydrogens (tertiary/aromatic N) is 4. The van der Waals surface area contributed by atoms with Crippen molar-refractivity contribution in [3.63, 3.8) is 0 Å². The lowest BCUT2D eigenvalue weighted by atomic mass is 9.64. The quantitative estimate of drug-likeness (QED) is 0.133. The molecule has 5 nitrogen and oxygen atoms in total. The number of fused-ring (bicyclic) bond motifs is 12. The molecule has 1 aliphatic carbocycles. The number of hydrogen-bond acceptors (Lipinski definition) is 2. The van der Waals surface area contributed by atoms with E-state index in [4.69, 9.17) is 9.72 Å². The molecule has 11 rings (SSSR count). The number of imidazole rings is 1. The molecule has 0 N–H and O–H groups in total. The van der Waals surface area contributed by atoms with Crippen LogP contribution >= 0.6 is 0 Å². The Morgan fingerprint density at radius 3 is 2.05 bits per heavy atom. The summed E-state index contributed by atoms with van der Waals surface area (Å²) in [5.74, 6) is 2.31. The molecule has 9 aromatic rings. The van der Waals surface area contributed by atoms with E-state index in [0.29, 0.717) is 11.9 Å². The zero-order valence-electron chi connectivity index (χ0n) is 33.5. The summed E-state index contributed by atoms with van der Waals surface area (Å²) in [5.41, 5.74) is 13.0. The average Bonchev–Trinajstić information content (AvgIpc) is 3.76. The van der Waals surface area contributed by atoms with Crippen LogP contribution in [0.2, 0.25) is 0 Å². The molecule has 2 aliphatic rings. The normalized spacial score (nSPS) is 15.1. The van der Waals surface area contributed by atoms with Crippen LogP contribution in [0.1, 0.15) is 53.0 Å². The lowest BCUT2D eigenvalue weighted by Crippen LogP contribution is -2.34.